The molecule has 0 aliphatic carbocycles. The van der Waals surface area contributed by atoms with Crippen molar-refractivity contribution in [2.45, 2.75) is 33.0 Å². The third kappa shape index (κ3) is 3.06. The second-order valence-electron chi connectivity index (χ2n) is 3.97. The normalized spacial score (nSPS) is 12.5. The summed E-state index contributed by atoms with van der Waals surface area (Å²) in [6.07, 6.45) is 1.78. The Kier molecular flexibility index (Phi) is 4.49. The number of likely N-dealkylation sites (N-methyl/N-ethyl adjacent to an activating group) is 1. The second kappa shape index (κ2) is 5.65. The van der Waals surface area contributed by atoms with Gasteiger partial charge in [0.15, 0.2) is 0 Å². The van der Waals surface area contributed by atoms with Crippen molar-refractivity contribution >= 4 is 5.91 Å². The number of nitrogens with one attached hydrogen (secondary N) is 1. The summed E-state index contributed by atoms with van der Waals surface area (Å²) >= 11 is 0. The second-order valence-corrected chi connectivity index (χ2v) is 3.97. The minimum atomic E-state index is -0.171. The molecule has 16 heavy (non-hydrogen) atoms. The van der Waals surface area contributed by atoms with E-state index >= 15 is 0 Å². The zero-order valence-electron chi connectivity index (χ0n) is 10.4. The molecular weight excluding hydrogens is 204 g/mol. The van der Waals surface area contributed by atoms with Gasteiger partial charge in [-0.15, -0.1) is 0 Å². The average Bonchev–Trinajstić information content (AvgIpc) is 2.71. The minimum absolute atomic E-state index is 0.0857. The van der Waals surface area contributed by atoms with Crippen LogP contribution in [0.3, 0.4) is 0 Å². The molecule has 1 heterocycles. The highest BCUT2D eigenvalue weighted by molar-refractivity contribution is 5.80. The molecule has 90 valence electrons. The van der Waals surface area contributed by atoms with Crippen LogP contribution in [-0.4, -0.2) is 40.7 Å². The molecule has 0 fully saturated rings. The van der Waals surface area contributed by atoms with Crippen LogP contribution in [0.4, 0.5) is 0 Å². The minimum Gasteiger partial charge on any atom is -0.347 e. The molecule has 0 saturated carbocycles. The maximum absolute atomic E-state index is 11.6. The van der Waals surface area contributed by atoms with Gasteiger partial charge in [0.2, 0.25) is 5.91 Å². The largest absolute Gasteiger partial charge is 0.347 e. The van der Waals surface area contributed by atoms with Gasteiger partial charge in [0, 0.05) is 33.4 Å². The maximum Gasteiger partial charge on any atom is 0.238 e. The van der Waals surface area contributed by atoms with Crippen molar-refractivity contribution in [3.63, 3.8) is 0 Å². The third-order valence-corrected chi connectivity index (χ3v) is 2.50. The zero-order chi connectivity index (χ0) is 12.1. The molecule has 1 N–H and O–H groups in total. The van der Waals surface area contributed by atoms with E-state index in [0.29, 0.717) is 6.54 Å². The van der Waals surface area contributed by atoms with E-state index in [2.05, 4.69) is 10.4 Å². The lowest BCUT2D eigenvalue weighted by Gasteiger charge is -2.18. The molecule has 0 bridgehead atoms. The third-order valence-electron chi connectivity index (χ3n) is 2.50. The van der Waals surface area contributed by atoms with E-state index in [4.69, 9.17) is 0 Å². The predicted molar refractivity (Wildman–Crippen MR) is 62.9 cm³/mol. The summed E-state index contributed by atoms with van der Waals surface area (Å²) in [4.78, 5) is 13.2. The Labute approximate surface area is 96.4 Å². The number of rotatable bonds is 5. The van der Waals surface area contributed by atoms with Gasteiger partial charge >= 0.3 is 0 Å². The van der Waals surface area contributed by atoms with Crippen LogP contribution in [0, 0.1) is 0 Å². The molecule has 5 heteroatoms. The molecule has 1 amide bonds. The fourth-order valence-corrected chi connectivity index (χ4v) is 1.53. The van der Waals surface area contributed by atoms with Crippen LogP contribution in [0.5, 0.6) is 0 Å². The molecule has 1 unspecified atom stereocenters. The highest BCUT2D eigenvalue weighted by atomic mass is 16.2. The number of amides is 1. The van der Waals surface area contributed by atoms with Gasteiger partial charge in [0.1, 0.15) is 0 Å². The van der Waals surface area contributed by atoms with Crippen molar-refractivity contribution in [2.24, 2.45) is 0 Å². The molecule has 0 aliphatic heterocycles. The number of hydrogen-bond acceptors (Lipinski definition) is 3. The first kappa shape index (κ1) is 12.7. The Morgan fingerprint density at radius 2 is 2.31 bits per heavy atom. The van der Waals surface area contributed by atoms with Crippen LogP contribution in [0.1, 0.15) is 19.5 Å². The molecule has 1 rings (SSSR count). The van der Waals surface area contributed by atoms with Crippen molar-refractivity contribution in [1.29, 1.82) is 0 Å². The summed E-state index contributed by atoms with van der Waals surface area (Å²) in [5, 5.41) is 7.36. The van der Waals surface area contributed by atoms with E-state index in [9.17, 15) is 4.79 Å². The van der Waals surface area contributed by atoms with Crippen molar-refractivity contribution < 1.29 is 4.79 Å². The van der Waals surface area contributed by atoms with Gasteiger partial charge in [-0.25, -0.2) is 0 Å². The van der Waals surface area contributed by atoms with E-state index < -0.39 is 0 Å². The van der Waals surface area contributed by atoms with Crippen LogP contribution in [0.2, 0.25) is 0 Å². The molecular formula is C11H20N4O. The van der Waals surface area contributed by atoms with Crippen LogP contribution < -0.4 is 5.32 Å². The summed E-state index contributed by atoms with van der Waals surface area (Å²) < 4.78 is 1.92. The lowest BCUT2D eigenvalue weighted by molar-refractivity contribution is -0.130. The number of aromatic nitrogens is 2. The summed E-state index contributed by atoms with van der Waals surface area (Å²) in [5.74, 6) is 0.0857. The van der Waals surface area contributed by atoms with Gasteiger partial charge < -0.3 is 10.2 Å². The molecule has 1 atom stereocenters. The molecule has 5 nitrogen and oxygen atoms in total. The quantitative estimate of drug-likeness (QED) is 0.791. The van der Waals surface area contributed by atoms with E-state index in [1.165, 1.54) is 0 Å². The van der Waals surface area contributed by atoms with Crippen molar-refractivity contribution in [3.8, 4) is 0 Å². The van der Waals surface area contributed by atoms with Crippen LogP contribution in [0.15, 0.2) is 12.3 Å². The lowest BCUT2D eigenvalue weighted by Crippen LogP contribution is -2.41. The van der Waals surface area contributed by atoms with E-state index in [1.807, 2.05) is 24.6 Å². The Balaban J connectivity index is 2.49. The van der Waals surface area contributed by atoms with E-state index in [-0.39, 0.29) is 11.9 Å². The maximum atomic E-state index is 11.6. The summed E-state index contributed by atoms with van der Waals surface area (Å²) in [6, 6.07) is 1.79. The van der Waals surface area contributed by atoms with Gasteiger partial charge in [0.05, 0.1) is 11.7 Å². The van der Waals surface area contributed by atoms with Crippen LogP contribution >= 0.6 is 0 Å². The first-order valence-corrected chi connectivity index (χ1v) is 5.51. The molecule has 0 aliphatic rings. The van der Waals surface area contributed by atoms with Gasteiger partial charge in [0.25, 0.3) is 0 Å². The fraction of sp³-hybridized carbons (Fsp3) is 0.636. The molecule has 1 aromatic rings. The first-order chi connectivity index (χ1) is 7.56. The van der Waals surface area contributed by atoms with E-state index in [0.717, 1.165) is 12.2 Å². The Bertz CT molecular complexity index is 346. The average molecular weight is 224 g/mol. The number of carbonyl (C=O) groups excluding carboxylic acids is 1. The molecule has 0 aromatic carbocycles. The van der Waals surface area contributed by atoms with Gasteiger partial charge in [-0.2, -0.15) is 5.10 Å². The SMILES string of the molecule is CCn1nccc1CNC(C)C(=O)N(C)C. The Morgan fingerprint density at radius 1 is 1.62 bits per heavy atom. The summed E-state index contributed by atoms with van der Waals surface area (Å²) in [5.41, 5.74) is 1.10. The smallest absolute Gasteiger partial charge is 0.238 e. The summed E-state index contributed by atoms with van der Waals surface area (Å²) in [7, 11) is 3.52. The standard InChI is InChI=1S/C11H20N4O/c1-5-15-10(6-7-13-15)8-12-9(2)11(16)14(3)4/h6-7,9,12H,5,8H2,1-4H3. The monoisotopic (exact) mass is 224 g/mol. The molecule has 1 aromatic heterocycles. The van der Waals surface area contributed by atoms with Crippen molar-refractivity contribution in [3.05, 3.63) is 18.0 Å². The molecule has 0 spiro atoms. The van der Waals surface area contributed by atoms with Crippen molar-refractivity contribution in [1.82, 2.24) is 20.0 Å². The lowest BCUT2D eigenvalue weighted by atomic mass is 10.3. The number of aryl methyl sites for hydroxylation is 1. The Hall–Kier alpha value is -1.36. The van der Waals surface area contributed by atoms with Gasteiger partial charge in [-0.1, -0.05) is 0 Å². The predicted octanol–water partition coefficient (Wildman–Crippen LogP) is 0.469. The Morgan fingerprint density at radius 3 is 2.88 bits per heavy atom. The number of hydrogen-bond donors (Lipinski definition) is 1. The molecule has 0 radical (unpaired) electrons. The van der Waals surface area contributed by atoms with Gasteiger partial charge in [-0.05, 0) is 19.9 Å². The number of nitrogens with zero attached hydrogens (tertiary/aromatic N) is 3. The highest BCUT2D eigenvalue weighted by Gasteiger charge is 2.14. The van der Waals surface area contributed by atoms with Crippen LogP contribution in [0.25, 0.3) is 0 Å². The summed E-state index contributed by atoms with van der Waals surface area (Å²) in [6.45, 7) is 5.43. The fourth-order valence-electron chi connectivity index (χ4n) is 1.53. The topological polar surface area (TPSA) is 50.2 Å². The molecule has 0 saturated heterocycles. The van der Waals surface area contributed by atoms with Crippen LogP contribution in [-0.2, 0) is 17.9 Å². The van der Waals surface area contributed by atoms with E-state index in [1.54, 1.807) is 25.2 Å². The number of carbonyl (C=O) groups is 1. The first-order valence-electron chi connectivity index (χ1n) is 5.51. The zero-order valence-corrected chi connectivity index (χ0v) is 10.4. The highest BCUT2D eigenvalue weighted by Crippen LogP contribution is 1.99. The van der Waals surface area contributed by atoms with Crippen molar-refractivity contribution in [2.75, 3.05) is 14.1 Å². The van der Waals surface area contributed by atoms with Gasteiger partial charge in [-0.3, -0.25) is 9.48 Å².